The lowest BCUT2D eigenvalue weighted by molar-refractivity contribution is -0.132. The van der Waals surface area contributed by atoms with E-state index in [1.807, 2.05) is 86.5 Å². The number of sulfone groups is 1. The van der Waals surface area contributed by atoms with Gasteiger partial charge < -0.3 is 25.7 Å². The Kier molecular flexibility index (Phi) is 16.8. The van der Waals surface area contributed by atoms with Gasteiger partial charge in [-0.1, -0.05) is 107 Å². The van der Waals surface area contributed by atoms with Gasteiger partial charge in [-0.05, 0) is 49.3 Å². The molecular weight excluding hydrogens is 639 g/mol. The Morgan fingerprint density at radius 1 is 0.939 bits per heavy atom. The zero-order valence-corrected chi connectivity index (χ0v) is 30.3. The van der Waals surface area contributed by atoms with E-state index in [-0.39, 0.29) is 30.3 Å². The number of carbonyl (C=O) groups excluding carboxylic acids is 2. The summed E-state index contributed by atoms with van der Waals surface area (Å²) in [6, 6.07) is 17.1. The Morgan fingerprint density at radius 2 is 1.55 bits per heavy atom. The van der Waals surface area contributed by atoms with Crippen LogP contribution in [0, 0.1) is 30.1 Å². The second-order valence-electron chi connectivity index (χ2n) is 14.2. The number of benzene rings is 2. The summed E-state index contributed by atoms with van der Waals surface area (Å²) in [6.07, 6.45) is 9.66. The van der Waals surface area contributed by atoms with Crippen molar-refractivity contribution in [3.63, 3.8) is 0 Å². The maximum absolute atomic E-state index is 13.8. The van der Waals surface area contributed by atoms with Crippen LogP contribution in [0.15, 0.2) is 60.7 Å². The van der Waals surface area contributed by atoms with Crippen LogP contribution in [0.3, 0.4) is 0 Å². The number of amides is 2. The summed E-state index contributed by atoms with van der Waals surface area (Å²) in [5.41, 5.74) is 1.87. The zero-order valence-electron chi connectivity index (χ0n) is 29.5. The molecule has 9 nitrogen and oxygen atoms in total. The highest BCUT2D eigenvalue weighted by molar-refractivity contribution is 7.91. The Labute approximate surface area is 294 Å². The SMILES string of the molecule is C#CC[C@H](NC(=O)[C@H](Cc1ccccc1)CS(=O)(=O)CCN(C)Cc1ccccc1)C(=O)N[C@@H](CC1CCCCC1)[C@@H](O)[C@@H](O)CC(C)C. The van der Waals surface area contributed by atoms with Crippen LogP contribution in [0.2, 0.25) is 0 Å². The first-order chi connectivity index (χ1) is 23.4. The van der Waals surface area contributed by atoms with Crippen molar-refractivity contribution in [1.29, 1.82) is 0 Å². The minimum Gasteiger partial charge on any atom is -0.390 e. The Balaban J connectivity index is 1.74. The molecule has 2 aromatic carbocycles. The molecule has 1 saturated carbocycles. The maximum atomic E-state index is 13.8. The fraction of sp³-hybridized carbons (Fsp3) is 0.590. The molecule has 270 valence electrons. The van der Waals surface area contributed by atoms with Gasteiger partial charge in [-0.2, -0.15) is 0 Å². The van der Waals surface area contributed by atoms with Crippen LogP contribution in [0.1, 0.15) is 76.3 Å². The van der Waals surface area contributed by atoms with Gasteiger partial charge in [0, 0.05) is 19.5 Å². The van der Waals surface area contributed by atoms with Crippen LogP contribution < -0.4 is 10.6 Å². The van der Waals surface area contributed by atoms with Gasteiger partial charge in [-0.25, -0.2) is 8.42 Å². The van der Waals surface area contributed by atoms with Gasteiger partial charge in [0.1, 0.15) is 12.1 Å². The lowest BCUT2D eigenvalue weighted by Crippen LogP contribution is -2.56. The average Bonchev–Trinajstić information content (AvgIpc) is 3.07. The highest BCUT2D eigenvalue weighted by Gasteiger charge is 2.34. The number of aliphatic hydroxyl groups excluding tert-OH is 2. The summed E-state index contributed by atoms with van der Waals surface area (Å²) >= 11 is 0. The largest absolute Gasteiger partial charge is 0.390 e. The predicted octanol–water partition coefficient (Wildman–Crippen LogP) is 4.12. The van der Waals surface area contributed by atoms with Crippen LogP contribution in [0.4, 0.5) is 0 Å². The summed E-state index contributed by atoms with van der Waals surface area (Å²) in [5, 5.41) is 27.7. The van der Waals surface area contributed by atoms with E-state index in [0.717, 1.165) is 43.2 Å². The van der Waals surface area contributed by atoms with Gasteiger partial charge in [0.15, 0.2) is 9.84 Å². The molecule has 1 aliphatic carbocycles. The van der Waals surface area contributed by atoms with E-state index in [9.17, 15) is 28.2 Å². The summed E-state index contributed by atoms with van der Waals surface area (Å²) in [6.45, 7) is 4.81. The van der Waals surface area contributed by atoms with Crippen molar-refractivity contribution in [2.45, 2.75) is 102 Å². The predicted molar refractivity (Wildman–Crippen MR) is 195 cm³/mol. The molecular formula is C39H57N3O6S. The third kappa shape index (κ3) is 14.6. The number of nitrogens with zero attached hydrogens (tertiary/aromatic N) is 1. The van der Waals surface area contributed by atoms with E-state index in [4.69, 9.17) is 6.42 Å². The fourth-order valence-electron chi connectivity index (χ4n) is 6.64. The standard InChI is InChI=1S/C39H57N3O6S/c1-5-15-34(39(46)41-35(26-31-18-11-7-12-19-31)37(44)36(43)24-29(2)3)40-38(45)33(25-30-16-9-6-10-17-30)28-49(47,48)23-22-42(4)27-32-20-13-8-14-21-32/h1,6,8-10,13-14,16-17,20-21,29,31,33-37,43-44H,7,11-12,15,18-19,22-28H2,2-4H3,(H,40,45)(H,41,46)/t33-,34+,35+,36+,37-/m1/s1. The topological polar surface area (TPSA) is 136 Å². The molecule has 5 atom stereocenters. The molecule has 0 bridgehead atoms. The van der Waals surface area contributed by atoms with Crippen molar-refractivity contribution in [3.05, 3.63) is 71.8 Å². The average molecular weight is 696 g/mol. The molecule has 4 N–H and O–H groups in total. The third-order valence-corrected chi connectivity index (χ3v) is 11.1. The molecule has 0 radical (unpaired) electrons. The number of carbonyl (C=O) groups is 2. The number of nitrogens with one attached hydrogen (secondary N) is 2. The van der Waals surface area contributed by atoms with E-state index in [1.54, 1.807) is 0 Å². The summed E-state index contributed by atoms with van der Waals surface area (Å²) in [7, 11) is -1.81. The van der Waals surface area contributed by atoms with Crippen LogP contribution in [-0.4, -0.2) is 84.7 Å². The van der Waals surface area contributed by atoms with Crippen molar-refractivity contribution < 1.29 is 28.2 Å². The van der Waals surface area contributed by atoms with E-state index in [0.29, 0.717) is 31.8 Å². The Hall–Kier alpha value is -3.23. The molecule has 2 aromatic rings. The Bertz CT molecular complexity index is 1420. The molecule has 0 aromatic heterocycles. The molecule has 49 heavy (non-hydrogen) atoms. The maximum Gasteiger partial charge on any atom is 0.243 e. The second kappa shape index (κ2) is 20.4. The van der Waals surface area contributed by atoms with Crippen molar-refractivity contribution in [3.8, 4) is 12.3 Å². The molecule has 10 heteroatoms. The molecule has 2 amide bonds. The first-order valence-corrected chi connectivity index (χ1v) is 19.6. The van der Waals surface area contributed by atoms with E-state index >= 15 is 0 Å². The lowest BCUT2D eigenvalue weighted by atomic mass is 9.82. The summed E-state index contributed by atoms with van der Waals surface area (Å²) < 4.78 is 26.8. The first kappa shape index (κ1) is 40.2. The number of hydrogen-bond acceptors (Lipinski definition) is 7. The highest BCUT2D eigenvalue weighted by Crippen LogP contribution is 2.29. The number of terminal acetylenes is 1. The van der Waals surface area contributed by atoms with Gasteiger partial charge >= 0.3 is 0 Å². The van der Waals surface area contributed by atoms with Gasteiger partial charge in [0.05, 0.1) is 29.6 Å². The van der Waals surface area contributed by atoms with Crippen LogP contribution in [-0.2, 0) is 32.4 Å². The number of aliphatic hydroxyl groups is 2. The zero-order chi connectivity index (χ0) is 35.8. The summed E-state index contributed by atoms with van der Waals surface area (Å²) in [5.74, 6) is 0.295. The molecule has 0 aliphatic heterocycles. The highest BCUT2D eigenvalue weighted by atomic mass is 32.2. The fourth-order valence-corrected chi connectivity index (χ4v) is 8.28. The lowest BCUT2D eigenvalue weighted by Gasteiger charge is -2.33. The van der Waals surface area contributed by atoms with Crippen molar-refractivity contribution >= 4 is 21.7 Å². The van der Waals surface area contributed by atoms with E-state index in [1.165, 1.54) is 0 Å². The van der Waals surface area contributed by atoms with Gasteiger partial charge in [-0.15, -0.1) is 12.3 Å². The van der Waals surface area contributed by atoms with E-state index < -0.39 is 51.9 Å². The minimum absolute atomic E-state index is 0.118. The van der Waals surface area contributed by atoms with Crippen molar-refractivity contribution in [2.24, 2.45) is 17.8 Å². The molecule has 0 spiro atoms. The van der Waals surface area contributed by atoms with Crippen molar-refractivity contribution in [2.75, 3.05) is 25.1 Å². The molecule has 1 fully saturated rings. The molecule has 0 saturated heterocycles. The molecule has 0 heterocycles. The van der Waals surface area contributed by atoms with Crippen LogP contribution in [0.25, 0.3) is 0 Å². The monoisotopic (exact) mass is 695 g/mol. The second-order valence-corrected chi connectivity index (χ2v) is 16.5. The quantitative estimate of drug-likeness (QED) is 0.153. The first-order valence-electron chi connectivity index (χ1n) is 17.7. The molecule has 0 unspecified atom stereocenters. The molecule has 3 rings (SSSR count). The normalized spacial score (nSPS) is 17.1. The Morgan fingerprint density at radius 3 is 2.14 bits per heavy atom. The smallest absolute Gasteiger partial charge is 0.243 e. The van der Waals surface area contributed by atoms with E-state index in [2.05, 4.69) is 16.6 Å². The van der Waals surface area contributed by atoms with Crippen LogP contribution >= 0.6 is 0 Å². The van der Waals surface area contributed by atoms with Gasteiger partial charge in [0.25, 0.3) is 0 Å². The summed E-state index contributed by atoms with van der Waals surface area (Å²) in [4.78, 5) is 29.5. The number of rotatable bonds is 20. The van der Waals surface area contributed by atoms with Crippen molar-refractivity contribution in [1.82, 2.24) is 15.5 Å². The minimum atomic E-state index is -3.67. The van der Waals surface area contributed by atoms with Gasteiger partial charge in [0.2, 0.25) is 11.8 Å². The molecule has 1 aliphatic rings. The number of hydrogen-bond donors (Lipinski definition) is 4. The van der Waals surface area contributed by atoms with Gasteiger partial charge in [-0.3, -0.25) is 9.59 Å². The third-order valence-electron chi connectivity index (χ3n) is 9.34. The van der Waals surface area contributed by atoms with Crippen LogP contribution in [0.5, 0.6) is 0 Å².